The van der Waals surface area contributed by atoms with Crippen molar-refractivity contribution >= 4 is 0 Å². The van der Waals surface area contributed by atoms with Crippen molar-refractivity contribution in [1.82, 2.24) is 5.32 Å². The van der Waals surface area contributed by atoms with Gasteiger partial charge >= 0.3 is 0 Å². The monoisotopic (exact) mass is 257 g/mol. The van der Waals surface area contributed by atoms with E-state index >= 15 is 0 Å². The average Bonchev–Trinajstić information content (AvgIpc) is 2.39. The molecule has 0 atom stereocenters. The third kappa shape index (κ3) is 15.9. The maximum Gasteiger partial charge on any atom is 0.0590 e. The van der Waals surface area contributed by atoms with Gasteiger partial charge in [0.25, 0.3) is 0 Å². The number of hydrogen-bond donors (Lipinski definition) is 1. The average molecular weight is 257 g/mol. The van der Waals surface area contributed by atoms with Crippen LogP contribution in [0.3, 0.4) is 0 Å². The summed E-state index contributed by atoms with van der Waals surface area (Å²) in [5.74, 6) is 0. The van der Waals surface area contributed by atoms with Crippen molar-refractivity contribution in [2.75, 3.05) is 26.3 Å². The first-order valence-corrected chi connectivity index (χ1v) is 8.20. The molecule has 0 amide bonds. The van der Waals surface area contributed by atoms with E-state index in [2.05, 4.69) is 19.2 Å². The van der Waals surface area contributed by atoms with E-state index in [1.54, 1.807) is 0 Å². The van der Waals surface area contributed by atoms with Crippen LogP contribution >= 0.6 is 0 Å². The Labute approximate surface area is 115 Å². The van der Waals surface area contributed by atoms with Gasteiger partial charge in [0.15, 0.2) is 0 Å². The van der Waals surface area contributed by atoms with Crippen molar-refractivity contribution in [2.45, 2.75) is 78.1 Å². The molecule has 2 heteroatoms. The van der Waals surface area contributed by atoms with Crippen molar-refractivity contribution in [3.05, 3.63) is 0 Å². The normalized spacial score (nSPS) is 11.0. The SMILES string of the molecule is CCCCCCCCCCNCCOCCCC. The van der Waals surface area contributed by atoms with Crippen molar-refractivity contribution in [2.24, 2.45) is 0 Å². The summed E-state index contributed by atoms with van der Waals surface area (Å²) in [7, 11) is 0. The molecule has 0 radical (unpaired) electrons. The molecule has 0 aliphatic carbocycles. The van der Waals surface area contributed by atoms with Crippen molar-refractivity contribution in [3.8, 4) is 0 Å². The van der Waals surface area contributed by atoms with Gasteiger partial charge in [-0.15, -0.1) is 0 Å². The van der Waals surface area contributed by atoms with Crippen LogP contribution in [0.1, 0.15) is 78.1 Å². The van der Waals surface area contributed by atoms with E-state index in [4.69, 9.17) is 4.74 Å². The van der Waals surface area contributed by atoms with Gasteiger partial charge < -0.3 is 10.1 Å². The summed E-state index contributed by atoms with van der Waals surface area (Å²) in [6.45, 7) is 8.45. The zero-order valence-corrected chi connectivity index (χ0v) is 12.8. The van der Waals surface area contributed by atoms with E-state index < -0.39 is 0 Å². The Morgan fingerprint density at radius 2 is 1.22 bits per heavy atom. The predicted molar refractivity (Wildman–Crippen MR) is 81.2 cm³/mol. The summed E-state index contributed by atoms with van der Waals surface area (Å²) in [5.41, 5.74) is 0. The molecule has 1 N–H and O–H groups in total. The molecule has 0 heterocycles. The lowest BCUT2D eigenvalue weighted by atomic mass is 10.1. The molecule has 0 spiro atoms. The number of rotatable bonds is 15. The fourth-order valence-corrected chi connectivity index (χ4v) is 2.00. The lowest BCUT2D eigenvalue weighted by Crippen LogP contribution is -2.21. The van der Waals surface area contributed by atoms with E-state index in [1.807, 2.05) is 0 Å². The number of unbranched alkanes of at least 4 members (excludes halogenated alkanes) is 8. The van der Waals surface area contributed by atoms with Crippen LogP contribution < -0.4 is 5.32 Å². The molecule has 0 aliphatic heterocycles. The standard InChI is InChI=1S/C16H35NO/c1-3-5-7-8-9-10-11-12-13-17-14-16-18-15-6-4-2/h17H,3-16H2,1-2H3. The molecule has 2 nitrogen and oxygen atoms in total. The lowest BCUT2D eigenvalue weighted by Gasteiger charge is -2.06. The molecular weight excluding hydrogens is 222 g/mol. The third-order valence-electron chi connectivity index (χ3n) is 3.27. The molecule has 0 rings (SSSR count). The minimum absolute atomic E-state index is 0.872. The summed E-state index contributed by atoms with van der Waals surface area (Å²) < 4.78 is 5.49. The Kier molecular flexibility index (Phi) is 16.8. The van der Waals surface area contributed by atoms with Gasteiger partial charge in [-0.3, -0.25) is 0 Å². The highest BCUT2D eigenvalue weighted by Gasteiger charge is 1.92. The van der Waals surface area contributed by atoms with Crippen molar-refractivity contribution in [1.29, 1.82) is 0 Å². The highest BCUT2D eigenvalue weighted by molar-refractivity contribution is 4.50. The number of nitrogens with one attached hydrogen (secondary N) is 1. The molecule has 0 aromatic rings. The van der Waals surface area contributed by atoms with Gasteiger partial charge in [0.05, 0.1) is 6.61 Å². The number of ether oxygens (including phenoxy) is 1. The van der Waals surface area contributed by atoms with Gasteiger partial charge in [-0.25, -0.2) is 0 Å². The number of hydrogen-bond acceptors (Lipinski definition) is 2. The first-order valence-electron chi connectivity index (χ1n) is 8.20. The highest BCUT2D eigenvalue weighted by Crippen LogP contribution is 2.07. The molecule has 0 aromatic heterocycles. The first kappa shape index (κ1) is 17.9. The summed E-state index contributed by atoms with van der Waals surface area (Å²) >= 11 is 0. The Morgan fingerprint density at radius 1 is 0.611 bits per heavy atom. The molecule has 0 fully saturated rings. The van der Waals surface area contributed by atoms with Gasteiger partial charge in [0.1, 0.15) is 0 Å². The van der Waals surface area contributed by atoms with Gasteiger partial charge in [-0.05, 0) is 19.4 Å². The molecular formula is C16H35NO. The fraction of sp³-hybridized carbons (Fsp3) is 1.00. The van der Waals surface area contributed by atoms with Crippen LogP contribution in [0.2, 0.25) is 0 Å². The topological polar surface area (TPSA) is 21.3 Å². The Bertz CT molecular complexity index is 123. The molecule has 0 aromatic carbocycles. The minimum Gasteiger partial charge on any atom is -0.380 e. The maximum atomic E-state index is 5.49. The van der Waals surface area contributed by atoms with Gasteiger partial charge in [0.2, 0.25) is 0 Å². The molecule has 0 bridgehead atoms. The highest BCUT2D eigenvalue weighted by atomic mass is 16.5. The quantitative estimate of drug-likeness (QED) is 0.435. The first-order chi connectivity index (χ1) is 8.91. The summed E-state index contributed by atoms with van der Waals surface area (Å²) in [4.78, 5) is 0. The van der Waals surface area contributed by atoms with Gasteiger partial charge in [-0.1, -0.05) is 65.2 Å². The zero-order valence-electron chi connectivity index (χ0n) is 12.8. The van der Waals surface area contributed by atoms with Crippen LogP contribution in [-0.2, 0) is 4.74 Å². The van der Waals surface area contributed by atoms with Gasteiger partial charge in [0, 0.05) is 13.2 Å². The van der Waals surface area contributed by atoms with Crippen LogP contribution in [0.4, 0.5) is 0 Å². The zero-order chi connectivity index (χ0) is 13.3. The van der Waals surface area contributed by atoms with Crippen LogP contribution in [0.15, 0.2) is 0 Å². The van der Waals surface area contributed by atoms with E-state index in [-0.39, 0.29) is 0 Å². The molecule has 0 saturated heterocycles. The van der Waals surface area contributed by atoms with Crippen LogP contribution in [0, 0.1) is 0 Å². The summed E-state index contributed by atoms with van der Waals surface area (Å²) in [6.07, 6.45) is 13.6. The summed E-state index contributed by atoms with van der Waals surface area (Å²) in [5, 5.41) is 3.45. The second-order valence-corrected chi connectivity index (χ2v) is 5.19. The molecule has 0 saturated carbocycles. The lowest BCUT2D eigenvalue weighted by molar-refractivity contribution is 0.133. The second-order valence-electron chi connectivity index (χ2n) is 5.19. The third-order valence-corrected chi connectivity index (χ3v) is 3.27. The molecule has 18 heavy (non-hydrogen) atoms. The van der Waals surface area contributed by atoms with Crippen molar-refractivity contribution < 1.29 is 4.74 Å². The van der Waals surface area contributed by atoms with Gasteiger partial charge in [-0.2, -0.15) is 0 Å². The summed E-state index contributed by atoms with van der Waals surface area (Å²) in [6, 6.07) is 0. The van der Waals surface area contributed by atoms with E-state index in [0.717, 1.165) is 26.3 Å². The smallest absolute Gasteiger partial charge is 0.0590 e. The minimum atomic E-state index is 0.872. The largest absolute Gasteiger partial charge is 0.380 e. The van der Waals surface area contributed by atoms with E-state index in [0.29, 0.717) is 0 Å². The van der Waals surface area contributed by atoms with Crippen molar-refractivity contribution in [3.63, 3.8) is 0 Å². The van der Waals surface area contributed by atoms with E-state index in [1.165, 1.54) is 64.2 Å². The fourth-order valence-electron chi connectivity index (χ4n) is 2.00. The predicted octanol–water partition coefficient (Wildman–Crippen LogP) is 4.53. The molecule has 0 unspecified atom stereocenters. The van der Waals surface area contributed by atoms with Crippen LogP contribution in [-0.4, -0.2) is 26.3 Å². The van der Waals surface area contributed by atoms with Crippen LogP contribution in [0.25, 0.3) is 0 Å². The molecule has 110 valence electrons. The second kappa shape index (κ2) is 16.9. The van der Waals surface area contributed by atoms with E-state index in [9.17, 15) is 0 Å². The molecule has 0 aliphatic rings. The van der Waals surface area contributed by atoms with Crippen LogP contribution in [0.5, 0.6) is 0 Å². The maximum absolute atomic E-state index is 5.49. The Balaban J connectivity index is 2.86. The Hall–Kier alpha value is -0.0800. The Morgan fingerprint density at radius 3 is 1.89 bits per heavy atom.